The van der Waals surface area contributed by atoms with Gasteiger partial charge in [0.25, 0.3) is 0 Å². The molecule has 1 aromatic rings. The predicted molar refractivity (Wildman–Crippen MR) is 95.0 cm³/mol. The molecule has 6 heteroatoms. The lowest BCUT2D eigenvalue weighted by Gasteiger charge is -2.29. The molecule has 0 amide bonds. The fraction of sp³-hybridized carbons (Fsp3) is 0.722. The van der Waals surface area contributed by atoms with Crippen molar-refractivity contribution in [2.75, 3.05) is 31.6 Å². The van der Waals surface area contributed by atoms with Crippen molar-refractivity contribution >= 4 is 11.9 Å². The van der Waals surface area contributed by atoms with E-state index < -0.39 is 5.97 Å². The van der Waals surface area contributed by atoms with Crippen molar-refractivity contribution in [1.29, 1.82) is 0 Å². The van der Waals surface area contributed by atoms with Gasteiger partial charge in [-0.25, -0.2) is 9.97 Å². The number of carbonyl (C=O) groups is 1. The molecule has 1 fully saturated rings. The van der Waals surface area contributed by atoms with Crippen LogP contribution >= 0.6 is 0 Å². The summed E-state index contributed by atoms with van der Waals surface area (Å²) in [4.78, 5) is 23.3. The number of anilines is 1. The largest absolute Gasteiger partial charge is 0.480 e. The van der Waals surface area contributed by atoms with Crippen LogP contribution in [0.5, 0.6) is 0 Å². The van der Waals surface area contributed by atoms with Gasteiger partial charge >= 0.3 is 5.97 Å². The minimum Gasteiger partial charge on any atom is -0.480 e. The maximum Gasteiger partial charge on any atom is 0.323 e. The standard InChI is InChI=1S/C18H30N4O2/c1-18(2,3)15-6-5-8-22(9-7-15)12-14-10-19-17(20-11-14)21(4)13-16(23)24/h10-11,15H,5-9,12-13H2,1-4H3,(H,23,24)/t15-/m0/s1. The molecule has 1 aliphatic heterocycles. The first kappa shape index (κ1) is 18.6. The molecule has 0 aliphatic carbocycles. The van der Waals surface area contributed by atoms with Crippen LogP contribution in [-0.4, -0.2) is 52.6 Å². The molecule has 1 aromatic heterocycles. The van der Waals surface area contributed by atoms with Crippen LogP contribution in [0.15, 0.2) is 12.4 Å². The number of likely N-dealkylation sites (tertiary alicyclic amines) is 1. The Bertz CT molecular complexity index is 539. The Morgan fingerprint density at radius 3 is 2.54 bits per heavy atom. The maximum absolute atomic E-state index is 10.7. The summed E-state index contributed by atoms with van der Waals surface area (Å²) in [5, 5.41) is 8.82. The molecule has 0 unspecified atom stereocenters. The normalized spacial score (nSPS) is 19.8. The Balaban J connectivity index is 1.91. The van der Waals surface area contributed by atoms with Crippen molar-refractivity contribution < 1.29 is 9.90 Å². The van der Waals surface area contributed by atoms with Gasteiger partial charge in [0.1, 0.15) is 6.54 Å². The van der Waals surface area contributed by atoms with Crippen LogP contribution < -0.4 is 4.90 Å². The van der Waals surface area contributed by atoms with Gasteiger partial charge in [-0.1, -0.05) is 20.8 Å². The predicted octanol–water partition coefficient (Wildman–Crippen LogP) is 2.65. The zero-order valence-corrected chi connectivity index (χ0v) is 15.3. The van der Waals surface area contributed by atoms with Gasteiger partial charge < -0.3 is 10.0 Å². The van der Waals surface area contributed by atoms with E-state index in [1.54, 1.807) is 7.05 Å². The number of hydrogen-bond acceptors (Lipinski definition) is 5. The lowest BCUT2D eigenvalue weighted by molar-refractivity contribution is -0.135. The average Bonchev–Trinajstić information content (AvgIpc) is 2.72. The summed E-state index contributed by atoms with van der Waals surface area (Å²) in [6.07, 6.45) is 7.40. The Morgan fingerprint density at radius 2 is 1.96 bits per heavy atom. The number of aromatic nitrogens is 2. The lowest BCUT2D eigenvalue weighted by Crippen LogP contribution is -2.27. The second-order valence-electron chi connectivity index (χ2n) is 7.91. The zero-order valence-electron chi connectivity index (χ0n) is 15.3. The Labute approximate surface area is 144 Å². The summed E-state index contributed by atoms with van der Waals surface area (Å²) >= 11 is 0. The monoisotopic (exact) mass is 334 g/mol. The third-order valence-electron chi connectivity index (χ3n) is 4.86. The van der Waals surface area contributed by atoms with Crippen LogP contribution in [0.25, 0.3) is 0 Å². The van der Waals surface area contributed by atoms with E-state index in [9.17, 15) is 4.79 Å². The molecule has 1 N–H and O–H groups in total. The number of hydrogen-bond donors (Lipinski definition) is 1. The quantitative estimate of drug-likeness (QED) is 0.893. The van der Waals surface area contributed by atoms with E-state index >= 15 is 0 Å². The van der Waals surface area contributed by atoms with Crippen molar-refractivity contribution in [3.05, 3.63) is 18.0 Å². The minimum absolute atomic E-state index is 0.0976. The average molecular weight is 334 g/mol. The van der Waals surface area contributed by atoms with Crippen LogP contribution in [0.2, 0.25) is 0 Å². The van der Waals surface area contributed by atoms with Crippen LogP contribution in [0.3, 0.4) is 0 Å². The first-order valence-electron chi connectivity index (χ1n) is 8.72. The molecule has 0 radical (unpaired) electrons. The van der Waals surface area contributed by atoms with E-state index in [0.29, 0.717) is 11.4 Å². The van der Waals surface area contributed by atoms with E-state index in [1.807, 2.05) is 12.4 Å². The highest BCUT2D eigenvalue weighted by atomic mass is 16.4. The van der Waals surface area contributed by atoms with Crippen molar-refractivity contribution in [3.63, 3.8) is 0 Å². The van der Waals surface area contributed by atoms with E-state index in [-0.39, 0.29) is 6.54 Å². The topological polar surface area (TPSA) is 69.6 Å². The van der Waals surface area contributed by atoms with Crippen LogP contribution in [0.4, 0.5) is 5.95 Å². The maximum atomic E-state index is 10.7. The minimum atomic E-state index is -0.886. The van der Waals surface area contributed by atoms with E-state index in [0.717, 1.165) is 31.1 Å². The summed E-state index contributed by atoms with van der Waals surface area (Å²) in [5.74, 6) is 0.346. The van der Waals surface area contributed by atoms with Gasteiger partial charge in [0.15, 0.2) is 0 Å². The second kappa shape index (κ2) is 7.92. The molecule has 0 saturated carbocycles. The highest BCUT2D eigenvalue weighted by molar-refractivity contribution is 5.72. The van der Waals surface area contributed by atoms with Gasteiger partial charge in [-0.2, -0.15) is 0 Å². The van der Waals surface area contributed by atoms with E-state index in [4.69, 9.17) is 5.11 Å². The van der Waals surface area contributed by atoms with Crippen molar-refractivity contribution in [2.24, 2.45) is 11.3 Å². The molecule has 0 bridgehead atoms. The zero-order chi connectivity index (χ0) is 17.7. The van der Waals surface area contributed by atoms with Crippen molar-refractivity contribution in [3.8, 4) is 0 Å². The molecular formula is C18H30N4O2. The lowest BCUT2D eigenvalue weighted by atomic mass is 9.77. The first-order valence-corrected chi connectivity index (χ1v) is 8.72. The molecule has 24 heavy (non-hydrogen) atoms. The third kappa shape index (κ3) is 5.44. The fourth-order valence-electron chi connectivity index (χ4n) is 3.34. The second-order valence-corrected chi connectivity index (χ2v) is 7.91. The molecule has 2 heterocycles. The number of nitrogens with zero attached hydrogens (tertiary/aromatic N) is 4. The summed E-state index contributed by atoms with van der Waals surface area (Å²) in [6.45, 7) is 10.0. The van der Waals surface area contributed by atoms with Gasteiger partial charge in [0.05, 0.1) is 0 Å². The third-order valence-corrected chi connectivity index (χ3v) is 4.86. The van der Waals surface area contributed by atoms with Crippen LogP contribution in [0, 0.1) is 11.3 Å². The van der Waals surface area contributed by atoms with E-state index in [1.165, 1.54) is 24.2 Å². The highest BCUT2D eigenvalue weighted by Gasteiger charge is 2.27. The molecular weight excluding hydrogens is 304 g/mol. The van der Waals surface area contributed by atoms with Crippen molar-refractivity contribution in [1.82, 2.24) is 14.9 Å². The first-order chi connectivity index (χ1) is 11.3. The van der Waals surface area contributed by atoms with Gasteiger partial charge in [0.2, 0.25) is 5.95 Å². The van der Waals surface area contributed by atoms with Gasteiger partial charge in [0, 0.05) is 31.5 Å². The smallest absolute Gasteiger partial charge is 0.323 e. The number of likely N-dealkylation sites (N-methyl/N-ethyl adjacent to an activating group) is 1. The van der Waals surface area contributed by atoms with Crippen LogP contribution in [-0.2, 0) is 11.3 Å². The summed E-state index contributed by atoms with van der Waals surface area (Å²) in [6, 6.07) is 0. The summed E-state index contributed by atoms with van der Waals surface area (Å²) in [7, 11) is 1.69. The molecule has 134 valence electrons. The number of carboxylic acids is 1. The Morgan fingerprint density at radius 1 is 1.29 bits per heavy atom. The molecule has 0 spiro atoms. The Kier molecular flexibility index (Phi) is 6.15. The van der Waals surface area contributed by atoms with E-state index in [2.05, 4.69) is 35.6 Å². The number of rotatable bonds is 5. The molecule has 0 aromatic carbocycles. The van der Waals surface area contributed by atoms with Gasteiger partial charge in [-0.3, -0.25) is 9.69 Å². The Hall–Kier alpha value is -1.69. The van der Waals surface area contributed by atoms with Crippen molar-refractivity contribution in [2.45, 2.75) is 46.6 Å². The fourth-order valence-corrected chi connectivity index (χ4v) is 3.34. The number of carboxylic acid groups (broad SMARTS) is 1. The van der Waals surface area contributed by atoms with Gasteiger partial charge in [-0.15, -0.1) is 0 Å². The molecule has 6 nitrogen and oxygen atoms in total. The summed E-state index contributed by atoms with van der Waals surface area (Å²) in [5.41, 5.74) is 1.46. The molecule has 1 saturated heterocycles. The van der Waals surface area contributed by atoms with Gasteiger partial charge in [-0.05, 0) is 43.7 Å². The molecule has 1 aliphatic rings. The number of aliphatic carboxylic acids is 1. The van der Waals surface area contributed by atoms with Crippen LogP contribution in [0.1, 0.15) is 45.6 Å². The molecule has 1 atom stereocenters. The highest BCUT2D eigenvalue weighted by Crippen LogP contribution is 2.34. The SMILES string of the molecule is CN(CC(=O)O)c1ncc(CN2CCC[C@H](C(C)(C)C)CC2)cn1. The summed E-state index contributed by atoms with van der Waals surface area (Å²) < 4.78 is 0. The molecule has 2 rings (SSSR count).